The highest BCUT2D eigenvalue weighted by Crippen LogP contribution is 2.18. The molecule has 0 heterocycles. The highest BCUT2D eigenvalue weighted by Gasteiger charge is 2.22. The van der Waals surface area contributed by atoms with E-state index in [4.69, 9.17) is 4.74 Å². The van der Waals surface area contributed by atoms with Crippen LogP contribution in [0.2, 0.25) is 0 Å². The molecule has 7 heteroatoms. The molecule has 0 bridgehead atoms. The Balaban J connectivity index is 2.74. The third kappa shape index (κ3) is 4.29. The molecule has 110 valence electrons. The van der Waals surface area contributed by atoms with Crippen molar-refractivity contribution in [3.8, 4) is 0 Å². The van der Waals surface area contributed by atoms with Crippen molar-refractivity contribution in [2.75, 3.05) is 20.3 Å². The number of benzene rings is 1. The van der Waals surface area contributed by atoms with E-state index in [9.17, 15) is 20.0 Å². The summed E-state index contributed by atoms with van der Waals surface area (Å²) in [5.41, 5.74) is -0.485. The third-order valence-corrected chi connectivity index (χ3v) is 2.74. The Morgan fingerprint density at radius 2 is 2.20 bits per heavy atom. The molecule has 1 amide bonds. The summed E-state index contributed by atoms with van der Waals surface area (Å²) in [4.78, 5) is 22.1. The number of nitrogens with zero attached hydrogens (tertiary/aromatic N) is 1. The fourth-order valence-corrected chi connectivity index (χ4v) is 1.74. The van der Waals surface area contributed by atoms with Crippen molar-refractivity contribution >= 4 is 11.6 Å². The summed E-state index contributed by atoms with van der Waals surface area (Å²) in [6, 6.07) is 4.11. The molecule has 0 spiro atoms. The van der Waals surface area contributed by atoms with Crippen LogP contribution in [0.4, 0.5) is 5.69 Å². The SMILES string of the molecule is COCC(C)(O)CNC(=O)c1ccc([N+](=O)[O-])c(C)c1. The van der Waals surface area contributed by atoms with Gasteiger partial charge in [0.25, 0.3) is 11.6 Å². The summed E-state index contributed by atoms with van der Waals surface area (Å²) in [5.74, 6) is -0.403. The van der Waals surface area contributed by atoms with Crippen LogP contribution in [0.25, 0.3) is 0 Å². The van der Waals surface area contributed by atoms with Gasteiger partial charge in [0.1, 0.15) is 5.60 Å². The number of rotatable bonds is 6. The minimum Gasteiger partial charge on any atom is -0.386 e. The molecule has 1 rings (SSSR count). The molecule has 1 aromatic carbocycles. The van der Waals surface area contributed by atoms with Crippen LogP contribution in [0.15, 0.2) is 18.2 Å². The lowest BCUT2D eigenvalue weighted by Gasteiger charge is -2.22. The molecule has 1 atom stereocenters. The van der Waals surface area contributed by atoms with Gasteiger partial charge in [0.15, 0.2) is 0 Å². The van der Waals surface area contributed by atoms with E-state index in [0.717, 1.165) is 0 Å². The Morgan fingerprint density at radius 3 is 2.70 bits per heavy atom. The van der Waals surface area contributed by atoms with E-state index in [-0.39, 0.29) is 18.8 Å². The molecule has 2 N–H and O–H groups in total. The zero-order valence-corrected chi connectivity index (χ0v) is 11.7. The van der Waals surface area contributed by atoms with Crippen molar-refractivity contribution in [1.29, 1.82) is 0 Å². The number of ether oxygens (including phenoxy) is 1. The van der Waals surface area contributed by atoms with Gasteiger partial charge in [-0.05, 0) is 26.0 Å². The Bertz CT molecular complexity index is 513. The van der Waals surface area contributed by atoms with Gasteiger partial charge in [0.2, 0.25) is 0 Å². The lowest BCUT2D eigenvalue weighted by Crippen LogP contribution is -2.43. The monoisotopic (exact) mass is 282 g/mol. The molecule has 0 radical (unpaired) electrons. The number of amides is 1. The number of nitro benzene ring substituents is 1. The Morgan fingerprint density at radius 1 is 1.55 bits per heavy atom. The van der Waals surface area contributed by atoms with Crippen molar-refractivity contribution in [2.24, 2.45) is 0 Å². The minimum atomic E-state index is -1.17. The largest absolute Gasteiger partial charge is 0.386 e. The van der Waals surface area contributed by atoms with Crippen molar-refractivity contribution in [3.63, 3.8) is 0 Å². The molecule has 0 aliphatic heterocycles. The molecule has 0 aliphatic carbocycles. The van der Waals surface area contributed by atoms with E-state index >= 15 is 0 Å². The molecule has 1 aromatic rings. The predicted octanol–water partition coefficient (Wildman–Crippen LogP) is 1.03. The number of aliphatic hydroxyl groups is 1. The highest BCUT2D eigenvalue weighted by atomic mass is 16.6. The maximum atomic E-state index is 11.9. The first-order chi connectivity index (χ1) is 9.26. The molecule has 0 fully saturated rings. The quantitative estimate of drug-likeness (QED) is 0.599. The third-order valence-electron chi connectivity index (χ3n) is 2.74. The molecule has 1 unspecified atom stereocenters. The van der Waals surface area contributed by atoms with Crippen LogP contribution >= 0.6 is 0 Å². The lowest BCUT2D eigenvalue weighted by molar-refractivity contribution is -0.385. The van der Waals surface area contributed by atoms with Gasteiger partial charge >= 0.3 is 0 Å². The molecule has 7 nitrogen and oxygen atoms in total. The molecular weight excluding hydrogens is 264 g/mol. The number of methoxy groups -OCH3 is 1. The minimum absolute atomic E-state index is 0.0235. The second-order valence-electron chi connectivity index (χ2n) is 4.87. The van der Waals surface area contributed by atoms with Gasteiger partial charge in [-0.1, -0.05) is 0 Å². The first-order valence-electron chi connectivity index (χ1n) is 6.01. The van der Waals surface area contributed by atoms with E-state index < -0.39 is 16.4 Å². The van der Waals surface area contributed by atoms with Gasteiger partial charge in [0, 0.05) is 30.8 Å². The first-order valence-corrected chi connectivity index (χ1v) is 6.01. The fourth-order valence-electron chi connectivity index (χ4n) is 1.74. The average molecular weight is 282 g/mol. The molecule has 0 aromatic heterocycles. The number of nitro groups is 1. The normalized spacial score (nSPS) is 13.6. The first kappa shape index (κ1) is 16.1. The van der Waals surface area contributed by atoms with Gasteiger partial charge in [-0.2, -0.15) is 0 Å². The van der Waals surface area contributed by atoms with Crippen LogP contribution in [0.3, 0.4) is 0 Å². The summed E-state index contributed by atoms with van der Waals surface area (Å²) in [7, 11) is 1.45. The lowest BCUT2D eigenvalue weighted by atomic mass is 10.1. The summed E-state index contributed by atoms with van der Waals surface area (Å²) >= 11 is 0. The topological polar surface area (TPSA) is 102 Å². The molecule has 20 heavy (non-hydrogen) atoms. The van der Waals surface area contributed by atoms with Crippen LogP contribution in [-0.4, -0.2) is 41.8 Å². The second-order valence-corrected chi connectivity index (χ2v) is 4.87. The summed E-state index contributed by atoms with van der Waals surface area (Å²) < 4.78 is 4.83. The standard InChI is InChI=1S/C13H18N2O5/c1-9-6-10(4-5-11(9)15(18)19)12(16)14-7-13(2,17)8-20-3/h4-6,17H,7-8H2,1-3H3,(H,14,16). The van der Waals surface area contributed by atoms with Crippen molar-refractivity contribution in [2.45, 2.75) is 19.4 Å². The number of carbonyl (C=O) groups is 1. The van der Waals surface area contributed by atoms with Gasteiger partial charge in [-0.25, -0.2) is 0 Å². The predicted molar refractivity (Wildman–Crippen MR) is 72.7 cm³/mol. The van der Waals surface area contributed by atoms with Crippen LogP contribution in [0.1, 0.15) is 22.8 Å². The molecule has 0 saturated carbocycles. The van der Waals surface area contributed by atoms with Gasteiger partial charge in [0.05, 0.1) is 11.5 Å². The number of hydrogen-bond acceptors (Lipinski definition) is 5. The van der Waals surface area contributed by atoms with E-state index in [0.29, 0.717) is 11.1 Å². The Labute approximate surface area is 116 Å². The average Bonchev–Trinajstić information content (AvgIpc) is 2.35. The zero-order valence-electron chi connectivity index (χ0n) is 11.7. The van der Waals surface area contributed by atoms with Crippen molar-refractivity contribution < 1.29 is 19.6 Å². The van der Waals surface area contributed by atoms with E-state index in [2.05, 4.69) is 5.32 Å². The van der Waals surface area contributed by atoms with E-state index in [1.54, 1.807) is 6.92 Å². The maximum absolute atomic E-state index is 11.9. The Kier molecular flexibility index (Phi) is 5.18. The van der Waals surface area contributed by atoms with Gasteiger partial charge in [-0.15, -0.1) is 0 Å². The van der Waals surface area contributed by atoms with Gasteiger partial charge < -0.3 is 15.2 Å². The van der Waals surface area contributed by atoms with Crippen LogP contribution in [0.5, 0.6) is 0 Å². The molecule has 0 aliphatic rings. The highest BCUT2D eigenvalue weighted by molar-refractivity contribution is 5.94. The molecule has 0 saturated heterocycles. The second kappa shape index (κ2) is 6.44. The van der Waals surface area contributed by atoms with Gasteiger partial charge in [-0.3, -0.25) is 14.9 Å². The summed E-state index contributed by atoms with van der Waals surface area (Å²) in [6.45, 7) is 3.22. The summed E-state index contributed by atoms with van der Waals surface area (Å²) in [6.07, 6.45) is 0. The summed E-state index contributed by atoms with van der Waals surface area (Å²) in [5, 5.41) is 23.1. The van der Waals surface area contributed by atoms with Crippen LogP contribution in [0, 0.1) is 17.0 Å². The van der Waals surface area contributed by atoms with Crippen molar-refractivity contribution in [3.05, 3.63) is 39.4 Å². The number of aryl methyl sites for hydroxylation is 1. The molecular formula is C13H18N2O5. The zero-order chi connectivity index (χ0) is 15.3. The smallest absolute Gasteiger partial charge is 0.272 e. The maximum Gasteiger partial charge on any atom is 0.272 e. The Hall–Kier alpha value is -1.99. The fraction of sp³-hybridized carbons (Fsp3) is 0.462. The number of nitrogens with one attached hydrogen (secondary N) is 1. The van der Waals surface area contributed by atoms with Crippen molar-refractivity contribution in [1.82, 2.24) is 5.32 Å². The van der Waals surface area contributed by atoms with Crippen LogP contribution < -0.4 is 5.32 Å². The van der Waals surface area contributed by atoms with Crippen LogP contribution in [-0.2, 0) is 4.74 Å². The number of carbonyl (C=O) groups excluding carboxylic acids is 1. The van der Waals surface area contributed by atoms with E-state index in [1.807, 2.05) is 0 Å². The van der Waals surface area contributed by atoms with E-state index in [1.165, 1.54) is 32.2 Å². The number of hydrogen-bond donors (Lipinski definition) is 2.